The van der Waals surface area contributed by atoms with E-state index in [1.807, 2.05) is 7.05 Å². The minimum absolute atomic E-state index is 0.758. The zero-order valence-electron chi connectivity index (χ0n) is 10.2. The van der Waals surface area contributed by atoms with Crippen molar-refractivity contribution in [2.75, 3.05) is 13.1 Å². The minimum Gasteiger partial charge on any atom is -0.316 e. The fourth-order valence-electron chi connectivity index (χ4n) is 2.28. The first-order valence-electron chi connectivity index (χ1n) is 6.23. The first-order valence-corrected chi connectivity index (χ1v) is 6.23. The largest absolute Gasteiger partial charge is 0.316 e. The van der Waals surface area contributed by atoms with Crippen LogP contribution in [0.2, 0.25) is 0 Å². The van der Waals surface area contributed by atoms with Crippen molar-refractivity contribution in [1.29, 1.82) is 0 Å². The number of nitrogens with one attached hydrogen (secondary N) is 1. The molecule has 1 aliphatic carbocycles. The van der Waals surface area contributed by atoms with E-state index in [0.717, 1.165) is 37.2 Å². The Labute approximate surface area is 96.6 Å². The second-order valence-electron chi connectivity index (χ2n) is 4.70. The maximum Gasteiger partial charge on any atom is 0.175 e. The normalized spacial score (nSPS) is 24.4. The standard InChI is InChI=1S/C11H21N5/c1-3-6-12-8-10-5-4-9(10)7-11-13-15-16(2)14-11/h9-10,12H,3-8H2,1-2H3. The lowest BCUT2D eigenvalue weighted by Gasteiger charge is -2.36. The van der Waals surface area contributed by atoms with Gasteiger partial charge in [-0.1, -0.05) is 6.92 Å². The van der Waals surface area contributed by atoms with Crippen LogP contribution in [0.4, 0.5) is 0 Å². The third-order valence-corrected chi connectivity index (χ3v) is 3.40. The molecule has 0 aliphatic heterocycles. The van der Waals surface area contributed by atoms with Crippen molar-refractivity contribution in [1.82, 2.24) is 25.5 Å². The van der Waals surface area contributed by atoms with Crippen LogP contribution in [0.15, 0.2) is 0 Å². The summed E-state index contributed by atoms with van der Waals surface area (Å²) >= 11 is 0. The van der Waals surface area contributed by atoms with Gasteiger partial charge in [-0.05, 0) is 49.4 Å². The first-order chi connectivity index (χ1) is 7.79. The summed E-state index contributed by atoms with van der Waals surface area (Å²) in [5.41, 5.74) is 0. The number of hydrogen-bond acceptors (Lipinski definition) is 4. The highest BCUT2D eigenvalue weighted by Gasteiger charge is 2.31. The summed E-state index contributed by atoms with van der Waals surface area (Å²) in [5, 5.41) is 15.7. The van der Waals surface area contributed by atoms with E-state index in [2.05, 4.69) is 27.7 Å². The van der Waals surface area contributed by atoms with Crippen LogP contribution in [0, 0.1) is 11.8 Å². The summed E-state index contributed by atoms with van der Waals surface area (Å²) in [7, 11) is 1.82. The smallest absolute Gasteiger partial charge is 0.175 e. The molecule has 90 valence electrons. The van der Waals surface area contributed by atoms with Crippen molar-refractivity contribution in [2.45, 2.75) is 32.6 Å². The molecular formula is C11H21N5. The third-order valence-electron chi connectivity index (χ3n) is 3.40. The molecule has 1 fully saturated rings. The van der Waals surface area contributed by atoms with Crippen LogP contribution in [0.1, 0.15) is 32.0 Å². The summed E-state index contributed by atoms with van der Waals surface area (Å²) in [6.07, 6.45) is 4.87. The molecule has 5 nitrogen and oxygen atoms in total. The van der Waals surface area contributed by atoms with E-state index in [-0.39, 0.29) is 0 Å². The zero-order chi connectivity index (χ0) is 11.4. The first kappa shape index (κ1) is 11.5. The topological polar surface area (TPSA) is 55.6 Å². The van der Waals surface area contributed by atoms with E-state index < -0.39 is 0 Å². The Morgan fingerprint density at radius 1 is 1.38 bits per heavy atom. The molecule has 0 saturated heterocycles. The Morgan fingerprint density at radius 2 is 2.19 bits per heavy atom. The van der Waals surface area contributed by atoms with Gasteiger partial charge in [-0.25, -0.2) is 0 Å². The maximum absolute atomic E-state index is 4.24. The summed E-state index contributed by atoms with van der Waals surface area (Å²) in [6.45, 7) is 4.49. The summed E-state index contributed by atoms with van der Waals surface area (Å²) < 4.78 is 0. The van der Waals surface area contributed by atoms with Crippen molar-refractivity contribution >= 4 is 0 Å². The van der Waals surface area contributed by atoms with Crippen LogP contribution in [-0.2, 0) is 13.5 Å². The molecule has 1 N–H and O–H groups in total. The number of tetrazole rings is 1. The van der Waals surface area contributed by atoms with Gasteiger partial charge in [-0.2, -0.15) is 4.80 Å². The van der Waals surface area contributed by atoms with Crippen molar-refractivity contribution in [3.63, 3.8) is 0 Å². The highest BCUT2D eigenvalue weighted by Crippen LogP contribution is 2.35. The molecule has 0 spiro atoms. The molecule has 1 aromatic rings. The molecule has 1 heterocycles. The monoisotopic (exact) mass is 223 g/mol. The number of rotatable bonds is 6. The molecule has 0 radical (unpaired) electrons. The molecule has 0 bridgehead atoms. The molecule has 1 saturated carbocycles. The molecule has 5 heteroatoms. The lowest BCUT2D eigenvalue weighted by atomic mass is 9.72. The summed E-state index contributed by atoms with van der Waals surface area (Å²) in [6, 6.07) is 0. The average molecular weight is 223 g/mol. The van der Waals surface area contributed by atoms with Gasteiger partial charge in [0, 0.05) is 6.42 Å². The second kappa shape index (κ2) is 5.39. The quantitative estimate of drug-likeness (QED) is 0.724. The van der Waals surface area contributed by atoms with E-state index in [1.165, 1.54) is 19.3 Å². The van der Waals surface area contributed by atoms with Gasteiger partial charge in [-0.15, -0.1) is 10.2 Å². The van der Waals surface area contributed by atoms with Gasteiger partial charge in [0.15, 0.2) is 5.82 Å². The molecule has 0 aromatic carbocycles. The Bertz CT molecular complexity index is 322. The van der Waals surface area contributed by atoms with E-state index in [4.69, 9.17) is 0 Å². The minimum atomic E-state index is 0.758. The van der Waals surface area contributed by atoms with Crippen molar-refractivity contribution in [3.8, 4) is 0 Å². The molecule has 1 aliphatic rings. The van der Waals surface area contributed by atoms with Gasteiger partial charge in [0.05, 0.1) is 7.05 Å². The van der Waals surface area contributed by atoms with Crippen LogP contribution < -0.4 is 5.32 Å². The van der Waals surface area contributed by atoms with Gasteiger partial charge in [0.25, 0.3) is 0 Å². The summed E-state index contributed by atoms with van der Waals surface area (Å²) in [4.78, 5) is 1.54. The van der Waals surface area contributed by atoms with Gasteiger partial charge in [-0.3, -0.25) is 0 Å². The van der Waals surface area contributed by atoms with Crippen LogP contribution in [0.5, 0.6) is 0 Å². The fraction of sp³-hybridized carbons (Fsp3) is 0.909. The van der Waals surface area contributed by atoms with Gasteiger partial charge < -0.3 is 5.32 Å². The molecule has 2 rings (SSSR count). The van der Waals surface area contributed by atoms with Gasteiger partial charge in [0.1, 0.15) is 0 Å². The SMILES string of the molecule is CCCNCC1CCC1Cc1nnn(C)n1. The number of hydrogen-bond donors (Lipinski definition) is 1. The Morgan fingerprint density at radius 3 is 2.75 bits per heavy atom. The van der Waals surface area contributed by atoms with Crippen LogP contribution in [0.3, 0.4) is 0 Å². The molecular weight excluding hydrogens is 202 g/mol. The van der Waals surface area contributed by atoms with E-state index >= 15 is 0 Å². The average Bonchev–Trinajstić information content (AvgIpc) is 2.66. The number of aromatic nitrogens is 4. The number of nitrogens with zero attached hydrogens (tertiary/aromatic N) is 4. The fourth-order valence-corrected chi connectivity index (χ4v) is 2.28. The predicted octanol–water partition coefficient (Wildman–Crippen LogP) is 0.778. The van der Waals surface area contributed by atoms with Crippen molar-refractivity contribution in [2.24, 2.45) is 18.9 Å². The summed E-state index contributed by atoms with van der Waals surface area (Å²) in [5.74, 6) is 2.47. The van der Waals surface area contributed by atoms with Crippen molar-refractivity contribution in [3.05, 3.63) is 5.82 Å². The molecule has 16 heavy (non-hydrogen) atoms. The van der Waals surface area contributed by atoms with Gasteiger partial charge >= 0.3 is 0 Å². The van der Waals surface area contributed by atoms with Crippen LogP contribution in [0.25, 0.3) is 0 Å². The third kappa shape index (κ3) is 2.78. The molecule has 2 atom stereocenters. The number of aryl methyl sites for hydroxylation is 1. The zero-order valence-corrected chi connectivity index (χ0v) is 10.2. The van der Waals surface area contributed by atoms with Crippen LogP contribution in [-0.4, -0.2) is 33.3 Å². The van der Waals surface area contributed by atoms with E-state index in [9.17, 15) is 0 Å². The van der Waals surface area contributed by atoms with E-state index in [0.29, 0.717) is 0 Å². The van der Waals surface area contributed by atoms with E-state index in [1.54, 1.807) is 4.80 Å². The molecule has 2 unspecified atom stereocenters. The Hall–Kier alpha value is -0.970. The van der Waals surface area contributed by atoms with Gasteiger partial charge in [0.2, 0.25) is 0 Å². The van der Waals surface area contributed by atoms with Crippen molar-refractivity contribution < 1.29 is 0 Å². The maximum atomic E-state index is 4.24. The highest BCUT2D eigenvalue weighted by atomic mass is 15.6. The Kier molecular flexibility index (Phi) is 3.88. The molecule has 0 amide bonds. The second-order valence-corrected chi connectivity index (χ2v) is 4.70. The highest BCUT2D eigenvalue weighted by molar-refractivity contribution is 4.90. The van der Waals surface area contributed by atoms with Crippen LogP contribution >= 0.6 is 0 Å². The predicted molar refractivity (Wildman–Crippen MR) is 61.9 cm³/mol. The Balaban J connectivity index is 1.74. The molecule has 1 aromatic heterocycles. The lowest BCUT2D eigenvalue weighted by molar-refractivity contribution is 0.168. The lowest BCUT2D eigenvalue weighted by Crippen LogP contribution is -2.36.